The van der Waals surface area contributed by atoms with E-state index in [0.29, 0.717) is 12.1 Å². The Labute approximate surface area is 80.8 Å². The zero-order valence-electron chi connectivity index (χ0n) is 7.65. The first-order valence-corrected chi connectivity index (χ1v) is 4.01. The maximum atomic E-state index is 10.6. The van der Waals surface area contributed by atoms with Crippen LogP contribution in [0.2, 0.25) is 0 Å². The van der Waals surface area contributed by atoms with Crippen molar-refractivity contribution in [2.45, 2.75) is 13.5 Å². The fourth-order valence-corrected chi connectivity index (χ4v) is 0.928. The van der Waals surface area contributed by atoms with Crippen LogP contribution in [-0.2, 0) is 11.3 Å². The van der Waals surface area contributed by atoms with Crippen molar-refractivity contribution in [3.05, 3.63) is 29.6 Å². The highest BCUT2D eigenvalue weighted by molar-refractivity contribution is 5.87. The maximum absolute atomic E-state index is 10.6. The maximum Gasteiger partial charge on any atom is 0.337 e. The Morgan fingerprint density at radius 1 is 1.50 bits per heavy atom. The third-order valence-electron chi connectivity index (χ3n) is 1.58. The molecule has 0 radical (unpaired) electrons. The summed E-state index contributed by atoms with van der Waals surface area (Å²) in [5, 5.41) is 11.2. The molecule has 5 heteroatoms. The molecule has 1 aromatic rings. The molecule has 1 aromatic heterocycles. The topological polar surface area (TPSA) is 79.3 Å². The lowest BCUT2D eigenvalue weighted by Crippen LogP contribution is -2.19. The SMILES string of the molecule is CC(=O)NCc1cncc(C(=O)O)c1. The highest BCUT2D eigenvalue weighted by Crippen LogP contribution is 2.02. The van der Waals surface area contributed by atoms with Crippen LogP contribution in [0, 0.1) is 0 Å². The van der Waals surface area contributed by atoms with Crippen LogP contribution in [0.4, 0.5) is 0 Å². The predicted molar refractivity (Wildman–Crippen MR) is 48.7 cm³/mol. The summed E-state index contributed by atoms with van der Waals surface area (Å²) in [5.41, 5.74) is 0.785. The van der Waals surface area contributed by atoms with E-state index in [2.05, 4.69) is 10.3 Å². The van der Waals surface area contributed by atoms with Crippen molar-refractivity contribution in [2.24, 2.45) is 0 Å². The first-order valence-electron chi connectivity index (χ1n) is 4.01. The summed E-state index contributed by atoms with van der Waals surface area (Å²) in [5.74, 6) is -1.19. The number of carboxylic acids is 1. The second kappa shape index (κ2) is 4.36. The van der Waals surface area contributed by atoms with Crippen LogP contribution in [-0.4, -0.2) is 22.0 Å². The minimum Gasteiger partial charge on any atom is -0.478 e. The van der Waals surface area contributed by atoms with E-state index >= 15 is 0 Å². The number of nitrogens with one attached hydrogen (secondary N) is 1. The monoisotopic (exact) mass is 194 g/mol. The van der Waals surface area contributed by atoms with Gasteiger partial charge in [-0.15, -0.1) is 0 Å². The highest BCUT2D eigenvalue weighted by atomic mass is 16.4. The molecule has 0 aromatic carbocycles. The molecule has 1 heterocycles. The molecular weight excluding hydrogens is 184 g/mol. The first-order chi connectivity index (χ1) is 6.59. The van der Waals surface area contributed by atoms with E-state index in [-0.39, 0.29) is 11.5 Å². The highest BCUT2D eigenvalue weighted by Gasteiger charge is 2.03. The number of aromatic nitrogens is 1. The molecule has 74 valence electrons. The van der Waals surface area contributed by atoms with Gasteiger partial charge in [0.2, 0.25) is 5.91 Å². The van der Waals surface area contributed by atoms with Gasteiger partial charge in [0.25, 0.3) is 0 Å². The van der Waals surface area contributed by atoms with E-state index in [4.69, 9.17) is 5.11 Å². The minimum absolute atomic E-state index is 0.118. The van der Waals surface area contributed by atoms with Crippen molar-refractivity contribution >= 4 is 11.9 Å². The van der Waals surface area contributed by atoms with Crippen molar-refractivity contribution in [2.75, 3.05) is 0 Å². The van der Waals surface area contributed by atoms with Gasteiger partial charge >= 0.3 is 5.97 Å². The lowest BCUT2D eigenvalue weighted by molar-refractivity contribution is -0.119. The van der Waals surface area contributed by atoms with Crippen LogP contribution in [0.1, 0.15) is 22.8 Å². The van der Waals surface area contributed by atoms with E-state index in [1.807, 2.05) is 0 Å². The normalized spacial score (nSPS) is 9.50. The third-order valence-corrected chi connectivity index (χ3v) is 1.58. The molecule has 0 bridgehead atoms. The molecule has 0 spiro atoms. The van der Waals surface area contributed by atoms with Gasteiger partial charge in [0.05, 0.1) is 5.56 Å². The average molecular weight is 194 g/mol. The number of nitrogens with zero attached hydrogens (tertiary/aromatic N) is 1. The van der Waals surface area contributed by atoms with Crippen LogP contribution in [0.3, 0.4) is 0 Å². The van der Waals surface area contributed by atoms with Crippen LogP contribution < -0.4 is 5.32 Å². The van der Waals surface area contributed by atoms with Gasteiger partial charge in [-0.25, -0.2) is 4.79 Å². The molecule has 0 fully saturated rings. The molecule has 0 aliphatic rings. The number of hydrogen-bond donors (Lipinski definition) is 2. The Bertz CT molecular complexity index is 363. The number of amides is 1. The average Bonchev–Trinajstić information content (AvgIpc) is 2.15. The van der Waals surface area contributed by atoms with Crippen LogP contribution in [0.5, 0.6) is 0 Å². The van der Waals surface area contributed by atoms with Gasteiger partial charge in [-0.05, 0) is 11.6 Å². The molecule has 0 unspecified atom stereocenters. The second-order valence-corrected chi connectivity index (χ2v) is 2.80. The molecule has 0 atom stereocenters. The number of carboxylic acid groups (broad SMARTS) is 1. The summed E-state index contributed by atoms with van der Waals surface area (Å²) in [7, 11) is 0. The number of hydrogen-bond acceptors (Lipinski definition) is 3. The smallest absolute Gasteiger partial charge is 0.337 e. The molecule has 1 rings (SSSR count). The lowest BCUT2D eigenvalue weighted by Gasteiger charge is -2.02. The van der Waals surface area contributed by atoms with Gasteiger partial charge in [0.15, 0.2) is 0 Å². The predicted octanol–water partition coefficient (Wildman–Crippen LogP) is 0.416. The zero-order valence-corrected chi connectivity index (χ0v) is 7.65. The van der Waals surface area contributed by atoms with E-state index in [1.54, 1.807) is 0 Å². The first kappa shape index (κ1) is 10.2. The van der Waals surface area contributed by atoms with Crippen LogP contribution >= 0.6 is 0 Å². The quantitative estimate of drug-likeness (QED) is 0.730. The van der Waals surface area contributed by atoms with E-state index in [9.17, 15) is 9.59 Å². The molecule has 5 nitrogen and oxygen atoms in total. The van der Waals surface area contributed by atoms with Crippen molar-refractivity contribution < 1.29 is 14.7 Å². The Morgan fingerprint density at radius 3 is 2.79 bits per heavy atom. The van der Waals surface area contributed by atoms with Gasteiger partial charge in [-0.2, -0.15) is 0 Å². The summed E-state index contributed by atoms with van der Waals surface area (Å²) in [4.78, 5) is 24.9. The number of pyridine rings is 1. The number of rotatable bonds is 3. The van der Waals surface area contributed by atoms with Crippen LogP contribution in [0.25, 0.3) is 0 Å². The Hall–Kier alpha value is -1.91. The Balaban J connectivity index is 2.73. The number of aromatic carboxylic acids is 1. The van der Waals surface area contributed by atoms with E-state index in [0.717, 1.165) is 0 Å². The molecule has 14 heavy (non-hydrogen) atoms. The van der Waals surface area contributed by atoms with E-state index in [1.165, 1.54) is 25.4 Å². The molecular formula is C9H10N2O3. The van der Waals surface area contributed by atoms with Crippen molar-refractivity contribution in [1.82, 2.24) is 10.3 Å². The third kappa shape index (κ3) is 2.85. The zero-order chi connectivity index (χ0) is 10.6. The molecule has 0 aliphatic carbocycles. The van der Waals surface area contributed by atoms with Crippen molar-refractivity contribution in [3.8, 4) is 0 Å². The van der Waals surface area contributed by atoms with Gasteiger partial charge < -0.3 is 10.4 Å². The molecule has 2 N–H and O–H groups in total. The van der Waals surface area contributed by atoms with Crippen molar-refractivity contribution in [1.29, 1.82) is 0 Å². The number of carbonyl (C=O) groups excluding carboxylic acids is 1. The molecule has 0 saturated heterocycles. The largest absolute Gasteiger partial charge is 0.478 e. The van der Waals surface area contributed by atoms with Gasteiger partial charge in [0.1, 0.15) is 0 Å². The van der Waals surface area contributed by atoms with Crippen molar-refractivity contribution in [3.63, 3.8) is 0 Å². The minimum atomic E-state index is -1.03. The lowest BCUT2D eigenvalue weighted by atomic mass is 10.2. The second-order valence-electron chi connectivity index (χ2n) is 2.80. The van der Waals surface area contributed by atoms with Gasteiger partial charge in [-0.1, -0.05) is 0 Å². The summed E-state index contributed by atoms with van der Waals surface area (Å²) in [6, 6.07) is 1.48. The number of carbonyl (C=O) groups is 2. The summed E-state index contributed by atoms with van der Waals surface area (Å²) < 4.78 is 0. The Morgan fingerprint density at radius 2 is 2.21 bits per heavy atom. The van der Waals surface area contributed by atoms with Gasteiger partial charge in [0, 0.05) is 25.9 Å². The standard InChI is InChI=1S/C9H10N2O3/c1-6(12)11-4-7-2-8(9(13)14)5-10-3-7/h2-3,5H,4H2,1H3,(H,11,12)(H,13,14). The Kier molecular flexibility index (Phi) is 3.17. The summed E-state index contributed by atoms with van der Waals surface area (Å²) in [6.07, 6.45) is 2.78. The fourth-order valence-electron chi connectivity index (χ4n) is 0.928. The summed E-state index contributed by atoms with van der Waals surface area (Å²) in [6.45, 7) is 1.69. The van der Waals surface area contributed by atoms with E-state index < -0.39 is 5.97 Å². The molecule has 0 aliphatic heterocycles. The summed E-state index contributed by atoms with van der Waals surface area (Å²) >= 11 is 0. The fraction of sp³-hybridized carbons (Fsp3) is 0.222. The van der Waals surface area contributed by atoms with Crippen LogP contribution in [0.15, 0.2) is 18.5 Å². The molecule has 0 saturated carbocycles. The van der Waals surface area contributed by atoms with Gasteiger partial charge in [-0.3, -0.25) is 9.78 Å². The molecule has 1 amide bonds.